The zero-order valence-corrected chi connectivity index (χ0v) is 6.98. The van der Waals surface area contributed by atoms with Crippen LogP contribution in [0.2, 0.25) is 0 Å². The Bertz CT molecular complexity index is 381. The molecule has 0 atom stereocenters. The summed E-state index contributed by atoms with van der Waals surface area (Å²) in [5.41, 5.74) is 0.237. The van der Waals surface area contributed by atoms with Gasteiger partial charge >= 0.3 is 5.97 Å². The minimum absolute atomic E-state index is 0.313. The number of hydrogen-bond acceptors (Lipinski definition) is 4. The largest absolute Gasteiger partial charge is 0.466 e. The fourth-order valence-corrected chi connectivity index (χ4v) is 0.715. The van der Waals surface area contributed by atoms with Crippen LogP contribution >= 0.6 is 0 Å². The topological polar surface area (TPSA) is 72.0 Å². The lowest BCUT2D eigenvalue weighted by atomic mass is 10.3. The number of aromatic nitrogens is 2. The molecule has 0 unspecified atom stereocenters. The highest BCUT2D eigenvalue weighted by Gasteiger charge is 1.92. The van der Waals surface area contributed by atoms with Crippen molar-refractivity contribution in [1.82, 2.24) is 10.2 Å². The second-order valence-electron chi connectivity index (χ2n) is 2.24. The fraction of sp³-hybridized carbons (Fsp3) is 0.125. The van der Waals surface area contributed by atoms with Crippen LogP contribution in [-0.2, 0) is 9.53 Å². The standard InChI is InChI=1S/C8H8N2O3/c1-13-8(12)3-2-6-4-7(11)10-9-5-6/h2-5H,1H3,(H,10,11)/b3-2+. The number of carbonyl (C=O) groups is 1. The number of nitrogens with zero attached hydrogens (tertiary/aromatic N) is 1. The van der Waals surface area contributed by atoms with Crippen molar-refractivity contribution in [2.75, 3.05) is 7.11 Å². The molecule has 5 nitrogen and oxygen atoms in total. The second kappa shape index (κ2) is 4.20. The van der Waals surface area contributed by atoms with Crippen molar-refractivity contribution in [3.8, 4) is 0 Å². The van der Waals surface area contributed by atoms with E-state index in [1.807, 2.05) is 0 Å². The summed E-state index contributed by atoms with van der Waals surface area (Å²) in [6.07, 6.45) is 4.10. The van der Waals surface area contributed by atoms with Crippen LogP contribution in [0.4, 0.5) is 0 Å². The Morgan fingerprint density at radius 3 is 3.08 bits per heavy atom. The van der Waals surface area contributed by atoms with Crippen LogP contribution in [0.1, 0.15) is 5.56 Å². The molecule has 68 valence electrons. The molecule has 0 aliphatic rings. The van der Waals surface area contributed by atoms with E-state index in [1.54, 1.807) is 0 Å². The van der Waals surface area contributed by atoms with Crippen LogP contribution in [0.25, 0.3) is 6.08 Å². The van der Waals surface area contributed by atoms with E-state index in [2.05, 4.69) is 14.9 Å². The first-order valence-corrected chi connectivity index (χ1v) is 3.53. The van der Waals surface area contributed by atoms with Gasteiger partial charge in [0.25, 0.3) is 5.56 Å². The highest BCUT2D eigenvalue weighted by Crippen LogP contribution is 1.94. The smallest absolute Gasteiger partial charge is 0.330 e. The van der Waals surface area contributed by atoms with Gasteiger partial charge in [0, 0.05) is 17.7 Å². The molecule has 13 heavy (non-hydrogen) atoms. The van der Waals surface area contributed by atoms with Gasteiger partial charge in [0.15, 0.2) is 0 Å². The summed E-state index contributed by atoms with van der Waals surface area (Å²) in [6.45, 7) is 0. The van der Waals surface area contributed by atoms with Gasteiger partial charge in [-0.2, -0.15) is 5.10 Å². The molecule has 5 heteroatoms. The summed E-state index contributed by atoms with van der Waals surface area (Å²) in [5.74, 6) is -0.472. The van der Waals surface area contributed by atoms with E-state index in [0.717, 1.165) is 0 Å². The third-order valence-electron chi connectivity index (χ3n) is 1.30. The van der Waals surface area contributed by atoms with Crippen LogP contribution in [0.3, 0.4) is 0 Å². The predicted molar refractivity (Wildman–Crippen MR) is 45.9 cm³/mol. The van der Waals surface area contributed by atoms with Crippen molar-refractivity contribution in [3.05, 3.63) is 34.3 Å². The molecule has 0 amide bonds. The summed E-state index contributed by atoms with van der Waals surface area (Å²) < 4.78 is 4.37. The maximum atomic E-state index is 10.7. The van der Waals surface area contributed by atoms with Gasteiger partial charge in [-0.15, -0.1) is 0 Å². The van der Waals surface area contributed by atoms with Crippen LogP contribution in [0.5, 0.6) is 0 Å². The molecule has 0 saturated carbocycles. The molecular weight excluding hydrogens is 172 g/mol. The van der Waals surface area contributed by atoms with E-state index < -0.39 is 5.97 Å². The van der Waals surface area contributed by atoms with E-state index >= 15 is 0 Å². The Balaban J connectivity index is 2.80. The monoisotopic (exact) mass is 180 g/mol. The summed E-state index contributed by atoms with van der Waals surface area (Å²) in [7, 11) is 1.28. The van der Waals surface area contributed by atoms with Gasteiger partial charge < -0.3 is 4.74 Å². The van der Waals surface area contributed by atoms with Gasteiger partial charge in [0.05, 0.1) is 13.3 Å². The number of rotatable bonds is 2. The predicted octanol–water partition coefficient (Wildman–Crippen LogP) is -0.0439. The minimum atomic E-state index is -0.472. The number of nitrogens with one attached hydrogen (secondary N) is 1. The molecule has 0 spiro atoms. The molecule has 0 bridgehead atoms. The van der Waals surface area contributed by atoms with Gasteiger partial charge in [0.2, 0.25) is 0 Å². The van der Waals surface area contributed by atoms with Crippen molar-refractivity contribution in [1.29, 1.82) is 0 Å². The maximum absolute atomic E-state index is 10.7. The lowest BCUT2D eigenvalue weighted by Crippen LogP contribution is -2.05. The van der Waals surface area contributed by atoms with Crippen LogP contribution in [0, 0.1) is 0 Å². The molecule has 0 aliphatic carbocycles. The van der Waals surface area contributed by atoms with Crippen molar-refractivity contribution < 1.29 is 9.53 Å². The number of aromatic amines is 1. The van der Waals surface area contributed by atoms with E-state index in [-0.39, 0.29) is 5.56 Å². The van der Waals surface area contributed by atoms with Crippen molar-refractivity contribution in [3.63, 3.8) is 0 Å². The first kappa shape index (κ1) is 9.18. The Morgan fingerprint density at radius 1 is 1.69 bits per heavy atom. The number of H-pyrrole nitrogens is 1. The average Bonchev–Trinajstić information content (AvgIpc) is 2.14. The van der Waals surface area contributed by atoms with Gasteiger partial charge in [0.1, 0.15) is 0 Å². The van der Waals surface area contributed by atoms with Crippen LogP contribution < -0.4 is 5.56 Å². The quantitative estimate of drug-likeness (QED) is 0.511. The van der Waals surface area contributed by atoms with Crippen LogP contribution in [-0.4, -0.2) is 23.3 Å². The molecule has 0 aliphatic heterocycles. The van der Waals surface area contributed by atoms with Gasteiger partial charge in [-0.25, -0.2) is 9.89 Å². The average molecular weight is 180 g/mol. The van der Waals surface area contributed by atoms with Crippen molar-refractivity contribution >= 4 is 12.0 Å². The Kier molecular flexibility index (Phi) is 2.97. The summed E-state index contributed by atoms with van der Waals surface area (Å²) in [5, 5.41) is 5.76. The van der Waals surface area contributed by atoms with Gasteiger partial charge in [-0.05, 0) is 6.08 Å². The summed E-state index contributed by atoms with van der Waals surface area (Å²) >= 11 is 0. The van der Waals surface area contributed by atoms with E-state index in [4.69, 9.17) is 0 Å². The molecule has 1 aromatic rings. The fourth-order valence-electron chi connectivity index (χ4n) is 0.715. The number of hydrogen-bond donors (Lipinski definition) is 1. The normalized spacial score (nSPS) is 10.2. The third-order valence-corrected chi connectivity index (χ3v) is 1.30. The molecule has 1 heterocycles. The highest BCUT2D eigenvalue weighted by atomic mass is 16.5. The third kappa shape index (κ3) is 2.90. The SMILES string of the molecule is COC(=O)/C=C/c1cn[nH]c(=O)c1. The zero-order chi connectivity index (χ0) is 9.68. The first-order chi connectivity index (χ1) is 6.22. The van der Waals surface area contributed by atoms with Gasteiger partial charge in [-0.1, -0.05) is 0 Å². The van der Waals surface area contributed by atoms with E-state index in [9.17, 15) is 9.59 Å². The molecular formula is C8H8N2O3. The Labute approximate surface area is 74.0 Å². The van der Waals surface area contributed by atoms with Gasteiger partial charge in [-0.3, -0.25) is 4.79 Å². The zero-order valence-electron chi connectivity index (χ0n) is 6.98. The van der Waals surface area contributed by atoms with E-state index in [0.29, 0.717) is 5.56 Å². The summed E-state index contributed by atoms with van der Waals surface area (Å²) in [4.78, 5) is 21.4. The lowest BCUT2D eigenvalue weighted by molar-refractivity contribution is -0.134. The highest BCUT2D eigenvalue weighted by molar-refractivity contribution is 5.86. The lowest BCUT2D eigenvalue weighted by Gasteiger charge is -1.90. The Morgan fingerprint density at radius 2 is 2.46 bits per heavy atom. The first-order valence-electron chi connectivity index (χ1n) is 3.53. The number of esters is 1. The molecule has 0 fully saturated rings. The van der Waals surface area contributed by atoms with Crippen LogP contribution in [0.15, 0.2) is 23.1 Å². The molecule has 0 saturated heterocycles. The Hall–Kier alpha value is -1.91. The molecule has 0 aromatic carbocycles. The number of carbonyl (C=O) groups excluding carboxylic acids is 1. The van der Waals surface area contributed by atoms with Crippen molar-refractivity contribution in [2.24, 2.45) is 0 Å². The second-order valence-corrected chi connectivity index (χ2v) is 2.24. The molecule has 1 aromatic heterocycles. The maximum Gasteiger partial charge on any atom is 0.330 e. The minimum Gasteiger partial charge on any atom is -0.466 e. The summed E-state index contributed by atoms with van der Waals surface area (Å²) in [6, 6.07) is 1.33. The molecule has 1 N–H and O–H groups in total. The molecule has 1 rings (SSSR count). The van der Waals surface area contributed by atoms with Crippen molar-refractivity contribution in [2.45, 2.75) is 0 Å². The molecule has 0 radical (unpaired) electrons. The number of methoxy groups -OCH3 is 1. The van der Waals surface area contributed by atoms with E-state index in [1.165, 1.54) is 31.5 Å². The number of ether oxygens (including phenoxy) is 1.